The number of hydrogen-bond donors (Lipinski definition) is 0. The van der Waals surface area contributed by atoms with Gasteiger partial charge in [0.25, 0.3) is 0 Å². The van der Waals surface area contributed by atoms with Crippen molar-refractivity contribution in [2.45, 2.75) is 5.03 Å². The minimum atomic E-state index is 0.272. The lowest BCUT2D eigenvalue weighted by Crippen LogP contribution is -1.77. The molecule has 0 N–H and O–H groups in total. The average Bonchev–Trinajstić information content (AvgIpc) is 2.34. The lowest BCUT2D eigenvalue weighted by Gasteiger charge is -1.80. The molecule has 0 aromatic carbocycles. The van der Waals surface area contributed by atoms with Crippen LogP contribution in [0.5, 0.6) is 0 Å². The van der Waals surface area contributed by atoms with E-state index in [2.05, 4.69) is 14.9 Å². The van der Waals surface area contributed by atoms with Crippen LogP contribution < -0.4 is 0 Å². The Hall–Kier alpha value is -0.840. The van der Waals surface area contributed by atoms with Gasteiger partial charge in [-0.2, -0.15) is 0 Å². The van der Waals surface area contributed by atoms with Gasteiger partial charge in [0.2, 0.25) is 6.29 Å². The van der Waals surface area contributed by atoms with Crippen molar-refractivity contribution in [3.8, 4) is 0 Å². The summed E-state index contributed by atoms with van der Waals surface area (Å²) in [6.45, 7) is 0. The van der Waals surface area contributed by atoms with Crippen LogP contribution in [0.25, 0.3) is 0 Å². The first-order valence-electron chi connectivity index (χ1n) is 2.18. The molecule has 1 heterocycles. The largest absolute Gasteiger partial charge is 0.344 e. The van der Waals surface area contributed by atoms with Gasteiger partial charge in [-0.15, -0.1) is 5.10 Å². The maximum absolute atomic E-state index is 9.68. The Morgan fingerprint density at radius 3 is 3.33 bits per heavy atom. The third kappa shape index (κ3) is 1.85. The van der Waals surface area contributed by atoms with Crippen LogP contribution in [0.1, 0.15) is 0 Å². The van der Waals surface area contributed by atoms with Gasteiger partial charge < -0.3 is 4.52 Å². The Kier molecular flexibility index (Phi) is 2.26. The second-order valence-electron chi connectivity index (χ2n) is 1.18. The van der Waals surface area contributed by atoms with Crippen molar-refractivity contribution in [2.24, 2.45) is 0 Å². The highest BCUT2D eigenvalue weighted by molar-refractivity contribution is 7.99. The van der Waals surface area contributed by atoms with E-state index in [4.69, 9.17) is 0 Å². The van der Waals surface area contributed by atoms with Crippen LogP contribution in [-0.2, 0) is 4.79 Å². The van der Waals surface area contributed by atoms with Crippen LogP contribution in [0.15, 0.2) is 15.8 Å². The first-order valence-corrected chi connectivity index (χ1v) is 3.17. The number of rotatable bonds is 3. The maximum Gasteiger partial charge on any atom is 0.209 e. The average molecular weight is 143 g/mol. The topological polar surface area (TPSA) is 56.0 Å². The van der Waals surface area contributed by atoms with Crippen molar-refractivity contribution in [1.29, 1.82) is 0 Å². The van der Waals surface area contributed by atoms with Crippen molar-refractivity contribution >= 4 is 18.0 Å². The van der Waals surface area contributed by atoms with Gasteiger partial charge >= 0.3 is 0 Å². The van der Waals surface area contributed by atoms with Gasteiger partial charge in [-0.3, -0.25) is 4.79 Å². The lowest BCUT2D eigenvalue weighted by atomic mass is 10.9. The van der Waals surface area contributed by atoms with Gasteiger partial charge in [-0.1, -0.05) is 11.8 Å². The van der Waals surface area contributed by atoms with E-state index in [1.54, 1.807) is 6.29 Å². The molecule has 1 rings (SSSR count). The van der Waals surface area contributed by atoms with Gasteiger partial charge in [0.15, 0.2) is 11.3 Å². The molecule has 0 saturated carbocycles. The second kappa shape index (κ2) is 3.24. The summed E-state index contributed by atoms with van der Waals surface area (Å²) in [4.78, 5) is 9.68. The molecule has 0 bridgehead atoms. The lowest BCUT2D eigenvalue weighted by molar-refractivity contribution is 0.392. The van der Waals surface area contributed by atoms with Crippen LogP contribution in [0.2, 0.25) is 0 Å². The molecule has 4 nitrogen and oxygen atoms in total. The van der Waals surface area contributed by atoms with Crippen molar-refractivity contribution in [2.75, 3.05) is 5.75 Å². The minimum absolute atomic E-state index is 0.272. The van der Waals surface area contributed by atoms with E-state index < -0.39 is 0 Å². The maximum atomic E-state index is 9.68. The fourth-order valence-electron chi connectivity index (χ4n) is 0.322. The summed E-state index contributed by atoms with van der Waals surface area (Å²) in [5.74, 6) is 0.272. The van der Waals surface area contributed by atoms with Gasteiger partial charge in [0.1, 0.15) is 0 Å². The molecule has 0 unspecified atom stereocenters. The molecule has 1 aromatic heterocycles. The SMILES string of the molecule is O=[C]CSc1conn1. The Labute approximate surface area is 55.6 Å². The molecule has 0 aliphatic rings. The number of carbonyl (C=O) groups excluding carboxylic acids is 1. The predicted octanol–water partition coefficient (Wildman–Crippen LogP) is 0.271. The van der Waals surface area contributed by atoms with Crippen LogP contribution in [0.4, 0.5) is 0 Å². The van der Waals surface area contributed by atoms with Gasteiger partial charge in [-0.05, 0) is 0 Å². The molecule has 0 spiro atoms. The Morgan fingerprint density at radius 2 is 2.78 bits per heavy atom. The summed E-state index contributed by atoms with van der Waals surface area (Å²) in [5, 5.41) is 7.33. The quantitative estimate of drug-likeness (QED) is 0.568. The molecule has 0 saturated heterocycles. The third-order valence-corrected chi connectivity index (χ3v) is 1.35. The molecule has 0 aliphatic heterocycles. The molecule has 0 amide bonds. The fourth-order valence-corrected chi connectivity index (χ4v) is 0.731. The Morgan fingerprint density at radius 1 is 1.89 bits per heavy atom. The van der Waals surface area contributed by atoms with Gasteiger partial charge in [0.05, 0.1) is 5.75 Å². The molecule has 1 aromatic rings. The summed E-state index contributed by atoms with van der Waals surface area (Å²) < 4.78 is 4.40. The minimum Gasteiger partial charge on any atom is -0.344 e. The van der Waals surface area contributed by atoms with Crippen LogP contribution in [-0.4, -0.2) is 22.4 Å². The molecule has 5 heteroatoms. The van der Waals surface area contributed by atoms with Crippen molar-refractivity contribution in [3.63, 3.8) is 0 Å². The summed E-state index contributed by atoms with van der Waals surface area (Å²) >= 11 is 1.24. The van der Waals surface area contributed by atoms with E-state index in [-0.39, 0.29) is 5.75 Å². The third-order valence-electron chi connectivity index (χ3n) is 0.619. The molecule has 47 valence electrons. The monoisotopic (exact) mass is 143 g/mol. The van der Waals surface area contributed by atoms with E-state index >= 15 is 0 Å². The summed E-state index contributed by atoms with van der Waals surface area (Å²) in [6.07, 6.45) is 3.09. The molecule has 0 fully saturated rings. The zero-order valence-corrected chi connectivity index (χ0v) is 5.22. The highest BCUT2D eigenvalue weighted by Crippen LogP contribution is 2.10. The zero-order chi connectivity index (χ0) is 6.53. The summed E-state index contributed by atoms with van der Waals surface area (Å²) in [6, 6.07) is 0. The molecule has 0 atom stereocenters. The summed E-state index contributed by atoms with van der Waals surface area (Å²) in [7, 11) is 0. The fraction of sp³-hybridized carbons (Fsp3) is 0.250. The van der Waals surface area contributed by atoms with E-state index in [0.29, 0.717) is 5.03 Å². The molecular formula is C4H3N2O2S. The smallest absolute Gasteiger partial charge is 0.209 e. The van der Waals surface area contributed by atoms with Gasteiger partial charge in [0, 0.05) is 5.27 Å². The van der Waals surface area contributed by atoms with E-state index in [9.17, 15) is 4.79 Å². The predicted molar refractivity (Wildman–Crippen MR) is 30.7 cm³/mol. The number of aromatic nitrogens is 2. The number of nitrogens with zero attached hydrogens (tertiary/aromatic N) is 2. The second-order valence-corrected chi connectivity index (χ2v) is 2.17. The first kappa shape index (κ1) is 6.28. The van der Waals surface area contributed by atoms with E-state index in [1.165, 1.54) is 18.0 Å². The van der Waals surface area contributed by atoms with E-state index in [1.807, 2.05) is 0 Å². The molecule has 0 aliphatic carbocycles. The molecular weight excluding hydrogens is 140 g/mol. The van der Waals surface area contributed by atoms with Crippen LogP contribution in [0.3, 0.4) is 0 Å². The van der Waals surface area contributed by atoms with Crippen LogP contribution in [0, 0.1) is 0 Å². The normalized spacial score (nSPS) is 9.33. The zero-order valence-electron chi connectivity index (χ0n) is 4.40. The number of hydrogen-bond acceptors (Lipinski definition) is 5. The van der Waals surface area contributed by atoms with Crippen molar-refractivity contribution in [1.82, 2.24) is 10.4 Å². The molecule has 1 radical (unpaired) electrons. The Balaban J connectivity index is 2.38. The van der Waals surface area contributed by atoms with Crippen molar-refractivity contribution < 1.29 is 9.32 Å². The highest BCUT2D eigenvalue weighted by Gasteiger charge is 1.95. The standard InChI is InChI=1S/C4H3N2O2S/c7-1-2-9-4-3-8-6-5-4/h3H,2H2. The number of thioether (sulfide) groups is 1. The van der Waals surface area contributed by atoms with E-state index in [0.717, 1.165) is 0 Å². The Bertz CT molecular complexity index is 175. The van der Waals surface area contributed by atoms with Crippen molar-refractivity contribution in [3.05, 3.63) is 6.26 Å². The van der Waals surface area contributed by atoms with Gasteiger partial charge in [-0.25, -0.2) is 0 Å². The van der Waals surface area contributed by atoms with Crippen LogP contribution >= 0.6 is 11.8 Å². The highest BCUT2D eigenvalue weighted by atomic mass is 32.2. The summed E-state index contributed by atoms with van der Waals surface area (Å²) in [5.41, 5.74) is 0. The molecule has 9 heavy (non-hydrogen) atoms. The first-order chi connectivity index (χ1) is 4.43.